The highest BCUT2D eigenvalue weighted by atomic mass is 16.5. The first kappa shape index (κ1) is 14.1. The van der Waals surface area contributed by atoms with E-state index in [0.717, 1.165) is 22.1 Å². The van der Waals surface area contributed by atoms with Gasteiger partial charge in [0.25, 0.3) is 5.91 Å². The number of carbonyl (C=O) groups is 1. The normalized spacial score (nSPS) is 13.3. The maximum Gasteiger partial charge on any atom is 0.491 e. The SMILES string of the molecule is O=C(NCc1ccc2c(c1)B(O)OC2)c1cccc2cccn12. The zero-order chi connectivity index (χ0) is 15.8. The number of fused-ring (bicyclic) bond motifs is 2. The predicted molar refractivity (Wildman–Crippen MR) is 87.4 cm³/mol. The van der Waals surface area contributed by atoms with Crippen molar-refractivity contribution in [2.45, 2.75) is 13.2 Å². The van der Waals surface area contributed by atoms with Crippen molar-refractivity contribution in [2.75, 3.05) is 0 Å². The smallest absolute Gasteiger partial charge is 0.423 e. The van der Waals surface area contributed by atoms with E-state index in [1.807, 2.05) is 53.1 Å². The Morgan fingerprint density at radius 2 is 2.13 bits per heavy atom. The molecule has 0 fully saturated rings. The molecule has 1 amide bonds. The van der Waals surface area contributed by atoms with Crippen LogP contribution < -0.4 is 10.8 Å². The van der Waals surface area contributed by atoms with Gasteiger partial charge in [0, 0.05) is 18.3 Å². The largest absolute Gasteiger partial charge is 0.491 e. The van der Waals surface area contributed by atoms with Gasteiger partial charge < -0.3 is 19.4 Å². The van der Waals surface area contributed by atoms with Crippen molar-refractivity contribution in [3.8, 4) is 0 Å². The molecule has 0 saturated carbocycles. The fourth-order valence-corrected chi connectivity index (χ4v) is 2.90. The standard InChI is InChI=1S/C17H15BN2O3/c21-17(16-5-1-3-14-4-2-8-20(14)16)19-10-12-6-7-13-11-23-18(22)15(13)9-12/h1-9,22H,10-11H2,(H,19,21). The third kappa shape index (κ3) is 2.52. The number of rotatable bonds is 3. The first-order valence-corrected chi connectivity index (χ1v) is 7.48. The first-order chi connectivity index (χ1) is 11.2. The van der Waals surface area contributed by atoms with Crippen LogP contribution in [0, 0.1) is 0 Å². The molecule has 2 aromatic heterocycles. The lowest BCUT2D eigenvalue weighted by Crippen LogP contribution is -2.29. The summed E-state index contributed by atoms with van der Waals surface area (Å²) in [6.07, 6.45) is 1.87. The summed E-state index contributed by atoms with van der Waals surface area (Å²) >= 11 is 0. The molecular formula is C17H15BN2O3. The van der Waals surface area contributed by atoms with E-state index < -0.39 is 7.12 Å². The number of benzene rings is 1. The predicted octanol–water partition coefficient (Wildman–Crippen LogP) is 1.09. The second-order valence-electron chi connectivity index (χ2n) is 5.59. The van der Waals surface area contributed by atoms with Crippen LogP contribution in [0.1, 0.15) is 21.6 Å². The van der Waals surface area contributed by atoms with E-state index in [4.69, 9.17) is 4.65 Å². The Morgan fingerprint density at radius 1 is 1.26 bits per heavy atom. The minimum absolute atomic E-state index is 0.135. The minimum atomic E-state index is -0.866. The molecule has 0 radical (unpaired) electrons. The molecule has 0 aliphatic carbocycles. The van der Waals surface area contributed by atoms with Gasteiger partial charge in [-0.3, -0.25) is 4.79 Å². The molecule has 1 aliphatic rings. The van der Waals surface area contributed by atoms with Gasteiger partial charge in [-0.1, -0.05) is 24.3 Å². The summed E-state index contributed by atoms with van der Waals surface area (Å²) in [6.45, 7) is 0.829. The van der Waals surface area contributed by atoms with Gasteiger partial charge in [-0.15, -0.1) is 0 Å². The van der Waals surface area contributed by atoms with Crippen LogP contribution in [0.4, 0.5) is 0 Å². The molecule has 1 aromatic carbocycles. The summed E-state index contributed by atoms with van der Waals surface area (Å²) < 4.78 is 7.03. The van der Waals surface area contributed by atoms with Crippen LogP contribution in [0.5, 0.6) is 0 Å². The molecule has 5 nitrogen and oxygen atoms in total. The lowest BCUT2D eigenvalue weighted by atomic mass is 9.79. The van der Waals surface area contributed by atoms with Crippen molar-refractivity contribution in [1.82, 2.24) is 9.72 Å². The molecule has 3 heterocycles. The second-order valence-corrected chi connectivity index (χ2v) is 5.59. The van der Waals surface area contributed by atoms with E-state index in [1.54, 1.807) is 6.07 Å². The van der Waals surface area contributed by atoms with Crippen LogP contribution in [0.3, 0.4) is 0 Å². The Bertz CT molecular complexity index is 890. The van der Waals surface area contributed by atoms with Gasteiger partial charge in [0.1, 0.15) is 5.69 Å². The number of nitrogens with one attached hydrogen (secondary N) is 1. The summed E-state index contributed by atoms with van der Waals surface area (Å²) in [6, 6.07) is 15.2. The third-order valence-corrected chi connectivity index (χ3v) is 4.12. The summed E-state index contributed by atoms with van der Waals surface area (Å²) in [5.41, 5.74) is 4.28. The van der Waals surface area contributed by atoms with E-state index in [9.17, 15) is 9.82 Å². The number of pyridine rings is 1. The molecule has 2 N–H and O–H groups in total. The van der Waals surface area contributed by atoms with Crippen molar-refractivity contribution in [3.05, 3.63) is 71.5 Å². The lowest BCUT2D eigenvalue weighted by molar-refractivity contribution is 0.0944. The van der Waals surface area contributed by atoms with Crippen molar-refractivity contribution in [2.24, 2.45) is 0 Å². The van der Waals surface area contributed by atoms with Gasteiger partial charge in [0.05, 0.1) is 6.61 Å². The van der Waals surface area contributed by atoms with Gasteiger partial charge in [-0.2, -0.15) is 0 Å². The number of hydrogen-bond donors (Lipinski definition) is 2. The van der Waals surface area contributed by atoms with Gasteiger partial charge in [0.2, 0.25) is 0 Å². The number of carbonyl (C=O) groups excluding carboxylic acids is 1. The van der Waals surface area contributed by atoms with E-state index in [0.29, 0.717) is 18.8 Å². The minimum Gasteiger partial charge on any atom is -0.423 e. The molecule has 114 valence electrons. The molecule has 6 heteroatoms. The molecule has 0 atom stereocenters. The van der Waals surface area contributed by atoms with Crippen LogP contribution in [-0.2, 0) is 17.8 Å². The van der Waals surface area contributed by atoms with E-state index in [1.165, 1.54) is 0 Å². The molecule has 0 saturated heterocycles. The Morgan fingerprint density at radius 3 is 3.04 bits per heavy atom. The average molecular weight is 306 g/mol. The highest BCUT2D eigenvalue weighted by Gasteiger charge is 2.27. The van der Waals surface area contributed by atoms with Gasteiger partial charge in [-0.25, -0.2) is 0 Å². The molecule has 4 rings (SSSR count). The quantitative estimate of drug-likeness (QED) is 0.712. The van der Waals surface area contributed by atoms with Crippen molar-refractivity contribution >= 4 is 24.0 Å². The van der Waals surface area contributed by atoms with Crippen LogP contribution in [-0.4, -0.2) is 22.5 Å². The van der Waals surface area contributed by atoms with Crippen LogP contribution >= 0.6 is 0 Å². The molecule has 3 aromatic rings. The van der Waals surface area contributed by atoms with E-state index in [2.05, 4.69) is 5.32 Å². The van der Waals surface area contributed by atoms with Gasteiger partial charge in [-0.05, 0) is 40.9 Å². The molecule has 1 aliphatic heterocycles. The first-order valence-electron chi connectivity index (χ1n) is 7.48. The van der Waals surface area contributed by atoms with Crippen LogP contribution in [0.2, 0.25) is 0 Å². The highest BCUT2D eigenvalue weighted by molar-refractivity contribution is 6.61. The zero-order valence-electron chi connectivity index (χ0n) is 12.4. The van der Waals surface area contributed by atoms with E-state index >= 15 is 0 Å². The summed E-state index contributed by atoms with van der Waals surface area (Å²) in [5.74, 6) is -0.135. The lowest BCUT2D eigenvalue weighted by Gasteiger charge is -2.09. The van der Waals surface area contributed by atoms with Crippen molar-refractivity contribution < 1.29 is 14.5 Å². The van der Waals surface area contributed by atoms with Crippen LogP contribution in [0.25, 0.3) is 5.52 Å². The van der Waals surface area contributed by atoms with Gasteiger partial charge >= 0.3 is 7.12 Å². The number of aromatic nitrogens is 1. The summed E-state index contributed by atoms with van der Waals surface area (Å²) in [5, 5.41) is 12.7. The van der Waals surface area contributed by atoms with Crippen molar-refractivity contribution in [1.29, 1.82) is 0 Å². The Balaban J connectivity index is 1.52. The maximum atomic E-state index is 12.4. The topological polar surface area (TPSA) is 63.0 Å². The third-order valence-electron chi connectivity index (χ3n) is 4.12. The Kier molecular flexibility index (Phi) is 3.40. The van der Waals surface area contributed by atoms with E-state index in [-0.39, 0.29) is 5.91 Å². The fourth-order valence-electron chi connectivity index (χ4n) is 2.90. The molecular weight excluding hydrogens is 291 g/mol. The second kappa shape index (κ2) is 5.57. The summed E-state index contributed by atoms with van der Waals surface area (Å²) in [7, 11) is -0.866. The maximum absolute atomic E-state index is 12.4. The monoisotopic (exact) mass is 306 g/mol. The summed E-state index contributed by atoms with van der Waals surface area (Å²) in [4.78, 5) is 12.4. The molecule has 0 bridgehead atoms. The highest BCUT2D eigenvalue weighted by Crippen LogP contribution is 2.12. The molecule has 23 heavy (non-hydrogen) atoms. The Labute approximate surface area is 133 Å². The number of nitrogens with zero attached hydrogens (tertiary/aromatic N) is 1. The average Bonchev–Trinajstić information content (AvgIpc) is 3.19. The van der Waals surface area contributed by atoms with Crippen molar-refractivity contribution in [3.63, 3.8) is 0 Å². The number of hydrogen-bond acceptors (Lipinski definition) is 3. The Hall–Kier alpha value is -2.57. The number of amides is 1. The fraction of sp³-hybridized carbons (Fsp3) is 0.118. The molecule has 0 unspecified atom stereocenters. The zero-order valence-corrected chi connectivity index (χ0v) is 12.4. The van der Waals surface area contributed by atoms with Crippen LogP contribution in [0.15, 0.2) is 54.7 Å². The van der Waals surface area contributed by atoms with Gasteiger partial charge in [0.15, 0.2) is 0 Å². The molecule has 0 spiro atoms.